The highest BCUT2D eigenvalue weighted by molar-refractivity contribution is 5.04. The quantitative estimate of drug-likeness (QED) is 0.537. The summed E-state index contributed by atoms with van der Waals surface area (Å²) in [7, 11) is 0. The Hall–Kier alpha value is -1.00. The van der Waals surface area contributed by atoms with Crippen LogP contribution in [0.2, 0.25) is 0 Å². The Morgan fingerprint density at radius 3 is 2.23 bits per heavy atom. The first-order valence-electron chi connectivity index (χ1n) is 4.40. The average Bonchev–Trinajstić information content (AvgIpc) is 2.09. The molecule has 72 valence electrons. The van der Waals surface area contributed by atoms with Crippen molar-refractivity contribution < 1.29 is 0 Å². The second-order valence-corrected chi connectivity index (χ2v) is 3.51. The Bertz CT molecular complexity index is 255. The number of hydrogen-bond acceptors (Lipinski definition) is 4. The standard InChI is InChI=1S/C9H16N4/c1-6(2)8(13-10)9-11-4-7(3)5-12-9/h4-6,8,13H,10H2,1-3H3. The van der Waals surface area contributed by atoms with Crippen LogP contribution in [-0.2, 0) is 0 Å². The molecule has 0 spiro atoms. The molecular formula is C9H16N4. The number of nitrogens with one attached hydrogen (secondary N) is 1. The van der Waals surface area contributed by atoms with Gasteiger partial charge < -0.3 is 0 Å². The molecule has 13 heavy (non-hydrogen) atoms. The predicted molar refractivity (Wildman–Crippen MR) is 51.7 cm³/mol. The molecule has 0 bridgehead atoms. The van der Waals surface area contributed by atoms with Crippen LogP contribution in [-0.4, -0.2) is 9.97 Å². The number of aryl methyl sites for hydroxylation is 1. The monoisotopic (exact) mass is 180 g/mol. The van der Waals surface area contributed by atoms with Crippen molar-refractivity contribution in [2.24, 2.45) is 11.8 Å². The molecule has 0 amide bonds. The second kappa shape index (κ2) is 4.30. The van der Waals surface area contributed by atoms with E-state index in [1.807, 2.05) is 6.92 Å². The average molecular weight is 180 g/mol. The van der Waals surface area contributed by atoms with Gasteiger partial charge in [-0.1, -0.05) is 13.8 Å². The molecule has 0 aliphatic heterocycles. The first-order chi connectivity index (χ1) is 6.15. The van der Waals surface area contributed by atoms with Gasteiger partial charge in [0.1, 0.15) is 5.82 Å². The molecule has 1 rings (SSSR count). The molecule has 1 aromatic rings. The molecule has 0 aliphatic rings. The number of nitrogens with zero attached hydrogens (tertiary/aromatic N) is 2. The van der Waals surface area contributed by atoms with Crippen LogP contribution in [0.1, 0.15) is 31.3 Å². The largest absolute Gasteiger partial charge is 0.271 e. The van der Waals surface area contributed by atoms with Gasteiger partial charge in [-0.15, -0.1) is 0 Å². The molecule has 3 N–H and O–H groups in total. The van der Waals surface area contributed by atoms with Gasteiger partial charge in [0.25, 0.3) is 0 Å². The summed E-state index contributed by atoms with van der Waals surface area (Å²) in [6.45, 7) is 6.12. The number of aromatic nitrogens is 2. The Labute approximate surface area is 78.6 Å². The predicted octanol–water partition coefficient (Wildman–Crippen LogP) is 0.945. The molecule has 1 aromatic heterocycles. The van der Waals surface area contributed by atoms with Gasteiger partial charge in [-0.2, -0.15) is 0 Å². The van der Waals surface area contributed by atoms with Gasteiger partial charge in [0.15, 0.2) is 0 Å². The first-order valence-corrected chi connectivity index (χ1v) is 4.40. The van der Waals surface area contributed by atoms with Crippen molar-refractivity contribution >= 4 is 0 Å². The molecule has 0 aromatic carbocycles. The van der Waals surface area contributed by atoms with E-state index in [9.17, 15) is 0 Å². The third-order valence-electron chi connectivity index (χ3n) is 1.93. The van der Waals surface area contributed by atoms with Gasteiger partial charge in [-0.3, -0.25) is 5.84 Å². The minimum atomic E-state index is 0.0283. The summed E-state index contributed by atoms with van der Waals surface area (Å²) in [5.74, 6) is 6.55. The number of rotatable bonds is 3. The van der Waals surface area contributed by atoms with E-state index in [0.29, 0.717) is 5.92 Å². The van der Waals surface area contributed by atoms with E-state index < -0.39 is 0 Å². The van der Waals surface area contributed by atoms with Gasteiger partial charge in [0.2, 0.25) is 0 Å². The fourth-order valence-corrected chi connectivity index (χ4v) is 1.13. The summed E-state index contributed by atoms with van der Waals surface area (Å²) >= 11 is 0. The van der Waals surface area contributed by atoms with Crippen LogP contribution in [0.5, 0.6) is 0 Å². The maximum Gasteiger partial charge on any atom is 0.146 e. The summed E-state index contributed by atoms with van der Waals surface area (Å²) in [4.78, 5) is 8.43. The lowest BCUT2D eigenvalue weighted by molar-refractivity contribution is 0.402. The lowest BCUT2D eigenvalue weighted by atomic mass is 10.0. The van der Waals surface area contributed by atoms with Crippen molar-refractivity contribution in [1.29, 1.82) is 0 Å². The molecular weight excluding hydrogens is 164 g/mol. The van der Waals surface area contributed by atoms with Crippen molar-refractivity contribution in [2.75, 3.05) is 0 Å². The molecule has 0 saturated carbocycles. The molecule has 4 nitrogen and oxygen atoms in total. The van der Waals surface area contributed by atoms with Gasteiger partial charge in [-0.05, 0) is 18.4 Å². The minimum absolute atomic E-state index is 0.0283. The van der Waals surface area contributed by atoms with E-state index in [2.05, 4.69) is 29.2 Å². The molecule has 1 unspecified atom stereocenters. The molecule has 0 fully saturated rings. The third kappa shape index (κ3) is 2.47. The molecule has 4 heteroatoms. The van der Waals surface area contributed by atoms with Crippen LogP contribution >= 0.6 is 0 Å². The number of nitrogens with two attached hydrogens (primary N) is 1. The zero-order valence-corrected chi connectivity index (χ0v) is 8.28. The topological polar surface area (TPSA) is 63.8 Å². The van der Waals surface area contributed by atoms with Crippen LogP contribution in [0.25, 0.3) is 0 Å². The summed E-state index contributed by atoms with van der Waals surface area (Å²) in [5.41, 5.74) is 3.77. The van der Waals surface area contributed by atoms with Crippen molar-refractivity contribution in [1.82, 2.24) is 15.4 Å². The number of hydrogen-bond donors (Lipinski definition) is 2. The highest BCUT2D eigenvalue weighted by Crippen LogP contribution is 2.16. The second-order valence-electron chi connectivity index (χ2n) is 3.51. The Balaban J connectivity index is 2.86. The summed E-state index contributed by atoms with van der Waals surface area (Å²) in [5, 5.41) is 0. The lowest BCUT2D eigenvalue weighted by Crippen LogP contribution is -2.32. The van der Waals surface area contributed by atoms with Gasteiger partial charge in [0.05, 0.1) is 6.04 Å². The van der Waals surface area contributed by atoms with Gasteiger partial charge in [0, 0.05) is 12.4 Å². The Morgan fingerprint density at radius 1 is 1.31 bits per heavy atom. The molecule has 1 heterocycles. The first kappa shape index (κ1) is 10.1. The Morgan fingerprint density at radius 2 is 1.85 bits per heavy atom. The van der Waals surface area contributed by atoms with E-state index in [1.54, 1.807) is 12.4 Å². The zero-order valence-electron chi connectivity index (χ0n) is 8.28. The SMILES string of the molecule is Cc1cnc(C(NN)C(C)C)nc1. The highest BCUT2D eigenvalue weighted by Gasteiger charge is 2.15. The van der Waals surface area contributed by atoms with E-state index in [1.165, 1.54) is 0 Å². The van der Waals surface area contributed by atoms with Crippen LogP contribution < -0.4 is 11.3 Å². The molecule has 0 aliphatic carbocycles. The number of hydrazine groups is 1. The minimum Gasteiger partial charge on any atom is -0.271 e. The van der Waals surface area contributed by atoms with E-state index in [4.69, 9.17) is 5.84 Å². The van der Waals surface area contributed by atoms with Crippen molar-refractivity contribution in [2.45, 2.75) is 26.8 Å². The molecule has 0 radical (unpaired) electrons. The molecule has 0 saturated heterocycles. The zero-order chi connectivity index (χ0) is 9.84. The van der Waals surface area contributed by atoms with Crippen LogP contribution in [0, 0.1) is 12.8 Å². The van der Waals surface area contributed by atoms with Crippen LogP contribution in [0.4, 0.5) is 0 Å². The van der Waals surface area contributed by atoms with E-state index in [0.717, 1.165) is 11.4 Å². The van der Waals surface area contributed by atoms with Crippen LogP contribution in [0.15, 0.2) is 12.4 Å². The van der Waals surface area contributed by atoms with E-state index in [-0.39, 0.29) is 6.04 Å². The van der Waals surface area contributed by atoms with E-state index >= 15 is 0 Å². The third-order valence-corrected chi connectivity index (χ3v) is 1.93. The fraction of sp³-hybridized carbons (Fsp3) is 0.556. The fourth-order valence-electron chi connectivity index (χ4n) is 1.13. The van der Waals surface area contributed by atoms with Gasteiger partial charge >= 0.3 is 0 Å². The van der Waals surface area contributed by atoms with Gasteiger partial charge in [-0.25, -0.2) is 15.4 Å². The van der Waals surface area contributed by atoms with Crippen molar-refractivity contribution in [3.63, 3.8) is 0 Å². The summed E-state index contributed by atoms with van der Waals surface area (Å²) in [6, 6.07) is 0.0283. The maximum atomic E-state index is 5.41. The maximum absolute atomic E-state index is 5.41. The lowest BCUT2D eigenvalue weighted by Gasteiger charge is -2.17. The normalized spacial score (nSPS) is 13.3. The molecule has 1 atom stereocenters. The van der Waals surface area contributed by atoms with Crippen molar-refractivity contribution in [3.8, 4) is 0 Å². The summed E-state index contributed by atoms with van der Waals surface area (Å²) in [6.07, 6.45) is 3.60. The highest BCUT2D eigenvalue weighted by atomic mass is 15.2. The van der Waals surface area contributed by atoms with Crippen LogP contribution in [0.3, 0.4) is 0 Å². The smallest absolute Gasteiger partial charge is 0.146 e. The van der Waals surface area contributed by atoms with Crippen molar-refractivity contribution in [3.05, 3.63) is 23.8 Å². The summed E-state index contributed by atoms with van der Waals surface area (Å²) < 4.78 is 0. The Kier molecular flexibility index (Phi) is 3.33.